The summed E-state index contributed by atoms with van der Waals surface area (Å²) < 4.78 is 18.9. The van der Waals surface area contributed by atoms with Gasteiger partial charge in [-0.15, -0.1) is 0 Å². The molecule has 6 heteroatoms. The van der Waals surface area contributed by atoms with Gasteiger partial charge in [-0.3, -0.25) is 0 Å². The van der Waals surface area contributed by atoms with E-state index in [2.05, 4.69) is 0 Å². The molecule has 0 bridgehead atoms. The van der Waals surface area contributed by atoms with Crippen LogP contribution in [-0.4, -0.2) is 18.1 Å². The Morgan fingerprint density at radius 3 is 2.75 bits per heavy atom. The average molecular weight is 278 g/mol. The highest BCUT2D eigenvalue weighted by Crippen LogP contribution is 2.27. The van der Waals surface area contributed by atoms with Gasteiger partial charge in [0.25, 0.3) is 0 Å². The third kappa shape index (κ3) is 2.59. The Labute approximate surface area is 115 Å². The summed E-state index contributed by atoms with van der Waals surface area (Å²) in [6.07, 6.45) is 1.58. The lowest BCUT2D eigenvalue weighted by Crippen LogP contribution is -2.19. The molecule has 0 fully saturated rings. The first kappa shape index (κ1) is 13.9. The number of halogens is 1. The Kier molecular flexibility index (Phi) is 3.65. The van der Waals surface area contributed by atoms with Crippen LogP contribution in [0.15, 0.2) is 28.9 Å². The van der Waals surface area contributed by atoms with Crippen LogP contribution in [0.4, 0.5) is 15.8 Å². The zero-order valence-corrected chi connectivity index (χ0v) is 11.2. The fraction of sp³-hybridized carbons (Fsp3) is 0.214. The molecule has 2 rings (SSSR count). The first-order chi connectivity index (χ1) is 9.40. The molecule has 1 heterocycles. The highest BCUT2D eigenvalue weighted by atomic mass is 19.1. The minimum Gasteiger partial charge on any atom is -0.478 e. The Hall–Kier alpha value is -2.50. The number of benzene rings is 1. The van der Waals surface area contributed by atoms with Crippen LogP contribution in [0.2, 0.25) is 0 Å². The molecule has 0 saturated carbocycles. The molecule has 0 atom stereocenters. The Bertz CT molecular complexity index is 652. The van der Waals surface area contributed by atoms with E-state index in [1.807, 2.05) is 13.0 Å². The molecule has 0 saturated heterocycles. The van der Waals surface area contributed by atoms with Gasteiger partial charge in [-0.25, -0.2) is 9.18 Å². The van der Waals surface area contributed by atoms with Crippen LogP contribution < -0.4 is 10.6 Å². The van der Waals surface area contributed by atoms with Crippen LogP contribution in [0.1, 0.15) is 21.7 Å². The standard InChI is InChI=1S/C14H15FN2O3/c1-8-9(3-4-20-8)7-17(2)13-6-11(15)10(14(18)19)5-12(13)16/h3-6H,7,16H2,1-2H3,(H,18,19). The van der Waals surface area contributed by atoms with Crippen molar-refractivity contribution in [2.75, 3.05) is 17.7 Å². The van der Waals surface area contributed by atoms with Crippen molar-refractivity contribution in [3.63, 3.8) is 0 Å². The van der Waals surface area contributed by atoms with Crippen molar-refractivity contribution in [1.82, 2.24) is 0 Å². The van der Waals surface area contributed by atoms with Gasteiger partial charge in [0.05, 0.1) is 23.2 Å². The van der Waals surface area contributed by atoms with Gasteiger partial charge < -0.3 is 20.2 Å². The summed E-state index contributed by atoms with van der Waals surface area (Å²) in [7, 11) is 1.75. The number of rotatable bonds is 4. The van der Waals surface area contributed by atoms with Crippen LogP contribution in [-0.2, 0) is 6.54 Å². The molecular formula is C14H15FN2O3. The molecule has 0 aliphatic heterocycles. The van der Waals surface area contributed by atoms with E-state index in [1.54, 1.807) is 18.2 Å². The number of aromatic carboxylic acids is 1. The van der Waals surface area contributed by atoms with Gasteiger partial charge in [-0.1, -0.05) is 0 Å². The summed E-state index contributed by atoms with van der Waals surface area (Å²) in [5.74, 6) is -1.37. The van der Waals surface area contributed by atoms with Crippen molar-refractivity contribution in [3.8, 4) is 0 Å². The van der Waals surface area contributed by atoms with Crippen LogP contribution in [0, 0.1) is 12.7 Å². The zero-order chi connectivity index (χ0) is 14.9. The molecule has 0 amide bonds. The molecule has 106 valence electrons. The number of nitrogen functional groups attached to an aromatic ring is 1. The first-order valence-electron chi connectivity index (χ1n) is 5.96. The normalized spacial score (nSPS) is 10.6. The number of carbonyl (C=O) groups is 1. The summed E-state index contributed by atoms with van der Waals surface area (Å²) in [6, 6.07) is 4.09. The van der Waals surface area contributed by atoms with Crippen molar-refractivity contribution in [2.45, 2.75) is 13.5 Å². The number of furan rings is 1. The number of anilines is 2. The quantitative estimate of drug-likeness (QED) is 0.840. The van der Waals surface area contributed by atoms with Crippen LogP contribution in [0.25, 0.3) is 0 Å². The number of hydrogen-bond donors (Lipinski definition) is 2. The maximum absolute atomic E-state index is 13.7. The predicted molar refractivity (Wildman–Crippen MR) is 73.3 cm³/mol. The number of hydrogen-bond acceptors (Lipinski definition) is 4. The second-order valence-electron chi connectivity index (χ2n) is 4.55. The molecule has 3 N–H and O–H groups in total. The van der Waals surface area contributed by atoms with Crippen molar-refractivity contribution in [3.05, 3.63) is 47.2 Å². The third-order valence-corrected chi connectivity index (χ3v) is 3.13. The first-order valence-corrected chi connectivity index (χ1v) is 5.96. The number of carboxylic acid groups (broad SMARTS) is 1. The van der Waals surface area contributed by atoms with Crippen molar-refractivity contribution >= 4 is 17.3 Å². The molecule has 0 aliphatic rings. The summed E-state index contributed by atoms with van der Waals surface area (Å²) >= 11 is 0. The molecule has 0 unspecified atom stereocenters. The van der Waals surface area contributed by atoms with Gasteiger partial charge >= 0.3 is 5.97 Å². The summed E-state index contributed by atoms with van der Waals surface area (Å²) in [6.45, 7) is 2.32. The predicted octanol–water partition coefficient (Wildman–Crippen LogP) is 2.64. The zero-order valence-electron chi connectivity index (χ0n) is 11.2. The number of nitrogens with zero attached hydrogens (tertiary/aromatic N) is 1. The summed E-state index contributed by atoms with van der Waals surface area (Å²) in [5, 5.41) is 8.84. The van der Waals surface area contributed by atoms with E-state index < -0.39 is 17.3 Å². The molecular weight excluding hydrogens is 263 g/mol. The Balaban J connectivity index is 2.31. The van der Waals surface area contributed by atoms with Gasteiger partial charge in [-0.05, 0) is 19.1 Å². The van der Waals surface area contributed by atoms with E-state index in [-0.39, 0.29) is 5.69 Å². The molecule has 0 aliphatic carbocycles. The average Bonchev–Trinajstić information content (AvgIpc) is 2.77. The maximum atomic E-state index is 13.7. The minimum absolute atomic E-state index is 0.215. The SMILES string of the molecule is Cc1occc1CN(C)c1cc(F)c(C(=O)O)cc1N. The summed E-state index contributed by atoms with van der Waals surface area (Å²) in [4.78, 5) is 12.6. The van der Waals surface area contributed by atoms with E-state index in [1.165, 1.54) is 0 Å². The van der Waals surface area contributed by atoms with Gasteiger partial charge in [0.15, 0.2) is 0 Å². The highest BCUT2D eigenvalue weighted by molar-refractivity contribution is 5.90. The summed E-state index contributed by atoms with van der Waals surface area (Å²) in [5.41, 5.74) is 6.98. The van der Waals surface area contributed by atoms with E-state index >= 15 is 0 Å². The van der Waals surface area contributed by atoms with Crippen LogP contribution in [0.3, 0.4) is 0 Å². The Morgan fingerprint density at radius 1 is 1.50 bits per heavy atom. The smallest absolute Gasteiger partial charge is 0.338 e. The largest absolute Gasteiger partial charge is 0.478 e. The molecule has 0 radical (unpaired) electrons. The van der Waals surface area contributed by atoms with Crippen molar-refractivity contribution in [2.24, 2.45) is 0 Å². The second kappa shape index (κ2) is 5.24. The van der Waals surface area contributed by atoms with Crippen molar-refractivity contribution < 1.29 is 18.7 Å². The number of carboxylic acids is 1. The molecule has 1 aromatic carbocycles. The van der Waals surface area contributed by atoms with Crippen LogP contribution >= 0.6 is 0 Å². The fourth-order valence-corrected chi connectivity index (χ4v) is 1.99. The van der Waals surface area contributed by atoms with Gasteiger partial charge in [0.1, 0.15) is 11.6 Å². The van der Waals surface area contributed by atoms with Crippen LogP contribution in [0.5, 0.6) is 0 Å². The lowest BCUT2D eigenvalue weighted by molar-refractivity contribution is 0.0692. The maximum Gasteiger partial charge on any atom is 0.338 e. The third-order valence-electron chi connectivity index (χ3n) is 3.13. The molecule has 5 nitrogen and oxygen atoms in total. The lowest BCUT2D eigenvalue weighted by Gasteiger charge is -2.21. The highest BCUT2D eigenvalue weighted by Gasteiger charge is 2.16. The van der Waals surface area contributed by atoms with Gasteiger partial charge in [-0.2, -0.15) is 0 Å². The molecule has 1 aromatic heterocycles. The van der Waals surface area contributed by atoms with Gasteiger partial charge in [0, 0.05) is 25.2 Å². The van der Waals surface area contributed by atoms with E-state index in [0.717, 1.165) is 23.5 Å². The van der Waals surface area contributed by atoms with E-state index in [4.69, 9.17) is 15.3 Å². The lowest BCUT2D eigenvalue weighted by atomic mass is 10.1. The molecule has 2 aromatic rings. The number of aryl methyl sites for hydroxylation is 1. The molecule has 20 heavy (non-hydrogen) atoms. The van der Waals surface area contributed by atoms with Crippen molar-refractivity contribution in [1.29, 1.82) is 0 Å². The minimum atomic E-state index is -1.34. The number of nitrogens with two attached hydrogens (primary N) is 1. The van der Waals surface area contributed by atoms with Gasteiger partial charge in [0.2, 0.25) is 0 Å². The monoisotopic (exact) mass is 278 g/mol. The topological polar surface area (TPSA) is 79.7 Å². The Morgan fingerprint density at radius 2 is 2.20 bits per heavy atom. The molecule has 0 spiro atoms. The van der Waals surface area contributed by atoms with E-state index in [9.17, 15) is 9.18 Å². The fourth-order valence-electron chi connectivity index (χ4n) is 1.99. The second-order valence-corrected chi connectivity index (χ2v) is 4.55. The van der Waals surface area contributed by atoms with E-state index in [0.29, 0.717) is 12.2 Å².